The van der Waals surface area contributed by atoms with Crippen molar-refractivity contribution in [3.63, 3.8) is 0 Å². The summed E-state index contributed by atoms with van der Waals surface area (Å²) in [4.78, 5) is 28.1. The highest BCUT2D eigenvalue weighted by Crippen LogP contribution is 2.34. The molecule has 124 valence electrons. The lowest BCUT2D eigenvalue weighted by Crippen LogP contribution is -2.31. The Bertz CT molecular complexity index is 605. The summed E-state index contributed by atoms with van der Waals surface area (Å²) >= 11 is 1.52. The van der Waals surface area contributed by atoms with E-state index in [9.17, 15) is 9.59 Å². The predicted molar refractivity (Wildman–Crippen MR) is 87.4 cm³/mol. The smallest absolute Gasteiger partial charge is 0.261 e. The number of nitrogens with one attached hydrogen (secondary N) is 1. The van der Waals surface area contributed by atoms with Gasteiger partial charge in [0.1, 0.15) is 0 Å². The summed E-state index contributed by atoms with van der Waals surface area (Å²) in [5.41, 5.74) is 0. The first kappa shape index (κ1) is 15.1. The highest BCUT2D eigenvalue weighted by molar-refractivity contribution is 7.14. The number of thiophene rings is 1. The first-order valence-electron chi connectivity index (χ1n) is 8.49. The van der Waals surface area contributed by atoms with Crippen LogP contribution in [0.1, 0.15) is 52.8 Å². The third-order valence-corrected chi connectivity index (χ3v) is 6.05. The second kappa shape index (κ2) is 6.24. The number of hydrogen-bond acceptors (Lipinski definition) is 4. The van der Waals surface area contributed by atoms with Gasteiger partial charge in [-0.15, -0.1) is 11.3 Å². The number of carbonyl (C=O) groups is 2. The summed E-state index contributed by atoms with van der Waals surface area (Å²) in [5.74, 6) is 0.477. The maximum Gasteiger partial charge on any atom is 0.261 e. The van der Waals surface area contributed by atoms with Crippen LogP contribution in [0.4, 0.5) is 0 Å². The van der Waals surface area contributed by atoms with Crippen LogP contribution in [0, 0.1) is 5.92 Å². The SMILES string of the molecule is O=C(NC[C@H]1CC(=O)N(C2CC2)C1)c1ccc([C@H]2CCCO2)s1. The van der Waals surface area contributed by atoms with Gasteiger partial charge in [-0.1, -0.05) is 0 Å². The first-order valence-corrected chi connectivity index (χ1v) is 9.31. The Hall–Kier alpha value is -1.40. The van der Waals surface area contributed by atoms with Crippen molar-refractivity contribution in [2.24, 2.45) is 5.92 Å². The van der Waals surface area contributed by atoms with Gasteiger partial charge in [-0.3, -0.25) is 9.59 Å². The van der Waals surface area contributed by atoms with E-state index in [1.54, 1.807) is 0 Å². The number of carbonyl (C=O) groups excluding carboxylic acids is 2. The standard InChI is InChI=1S/C17H22N2O3S/c20-16-8-11(10-19(16)12-3-4-12)9-18-17(21)15-6-5-14(23-15)13-2-1-7-22-13/h5-6,11-13H,1-4,7-10H2,(H,18,21)/t11-,13-/m1/s1. The molecule has 3 heterocycles. The van der Waals surface area contributed by atoms with E-state index in [0.29, 0.717) is 19.0 Å². The number of amides is 2. The average Bonchev–Trinajstić information content (AvgIpc) is 2.98. The Labute approximate surface area is 140 Å². The van der Waals surface area contributed by atoms with Crippen LogP contribution in [0.5, 0.6) is 0 Å². The predicted octanol–water partition coefficient (Wildman–Crippen LogP) is 2.34. The summed E-state index contributed by atoms with van der Waals surface area (Å²) in [6.45, 7) is 2.20. The van der Waals surface area contributed by atoms with E-state index in [1.165, 1.54) is 11.3 Å². The molecule has 0 spiro atoms. The van der Waals surface area contributed by atoms with E-state index in [2.05, 4.69) is 5.32 Å². The van der Waals surface area contributed by atoms with Crippen LogP contribution < -0.4 is 5.32 Å². The van der Waals surface area contributed by atoms with E-state index in [0.717, 1.165) is 48.6 Å². The molecule has 2 amide bonds. The normalized spacial score (nSPS) is 27.7. The van der Waals surface area contributed by atoms with Crippen LogP contribution in [0.2, 0.25) is 0 Å². The fourth-order valence-corrected chi connectivity index (χ4v) is 4.47. The summed E-state index contributed by atoms with van der Waals surface area (Å²) in [6, 6.07) is 4.37. The second-order valence-electron chi connectivity index (χ2n) is 6.76. The van der Waals surface area contributed by atoms with E-state index in [4.69, 9.17) is 4.74 Å². The molecular formula is C17H22N2O3S. The van der Waals surface area contributed by atoms with Crippen molar-refractivity contribution in [3.05, 3.63) is 21.9 Å². The maximum absolute atomic E-state index is 12.3. The van der Waals surface area contributed by atoms with Crippen molar-refractivity contribution >= 4 is 23.2 Å². The van der Waals surface area contributed by atoms with E-state index >= 15 is 0 Å². The van der Waals surface area contributed by atoms with Crippen molar-refractivity contribution in [1.29, 1.82) is 0 Å². The van der Waals surface area contributed by atoms with Crippen LogP contribution in [0.15, 0.2) is 12.1 Å². The van der Waals surface area contributed by atoms with Crippen molar-refractivity contribution in [1.82, 2.24) is 10.2 Å². The molecule has 2 atom stereocenters. The number of likely N-dealkylation sites (tertiary alicyclic amines) is 1. The molecule has 5 nitrogen and oxygen atoms in total. The summed E-state index contributed by atoms with van der Waals surface area (Å²) in [6.07, 6.45) is 5.17. The summed E-state index contributed by atoms with van der Waals surface area (Å²) in [7, 11) is 0. The number of rotatable bonds is 5. The van der Waals surface area contributed by atoms with Gasteiger partial charge in [0, 0.05) is 43.0 Å². The molecule has 1 saturated carbocycles. The Balaban J connectivity index is 1.29. The van der Waals surface area contributed by atoms with Crippen LogP contribution in [-0.4, -0.2) is 42.5 Å². The number of nitrogens with zero attached hydrogens (tertiary/aromatic N) is 1. The second-order valence-corrected chi connectivity index (χ2v) is 7.88. The minimum atomic E-state index is -0.0310. The van der Waals surface area contributed by atoms with Gasteiger partial charge in [0.05, 0.1) is 11.0 Å². The van der Waals surface area contributed by atoms with Crippen molar-refractivity contribution in [2.45, 2.75) is 44.2 Å². The fraction of sp³-hybridized carbons (Fsp3) is 0.647. The molecule has 1 aliphatic carbocycles. The third-order valence-electron chi connectivity index (χ3n) is 4.88. The van der Waals surface area contributed by atoms with E-state index in [1.807, 2.05) is 17.0 Å². The van der Waals surface area contributed by atoms with E-state index < -0.39 is 0 Å². The molecule has 4 rings (SSSR count). The zero-order valence-electron chi connectivity index (χ0n) is 13.1. The van der Waals surface area contributed by atoms with Gasteiger partial charge < -0.3 is 15.0 Å². The lowest BCUT2D eigenvalue weighted by atomic mass is 10.1. The molecule has 0 radical (unpaired) electrons. The first-order chi connectivity index (χ1) is 11.2. The monoisotopic (exact) mass is 334 g/mol. The molecule has 3 fully saturated rings. The minimum Gasteiger partial charge on any atom is -0.373 e. The van der Waals surface area contributed by atoms with Crippen LogP contribution in [0.25, 0.3) is 0 Å². The number of hydrogen-bond donors (Lipinski definition) is 1. The molecule has 2 saturated heterocycles. The molecule has 0 aromatic carbocycles. The van der Waals surface area contributed by atoms with Gasteiger partial charge in [-0.25, -0.2) is 0 Å². The third kappa shape index (κ3) is 3.28. The zero-order chi connectivity index (χ0) is 15.8. The minimum absolute atomic E-state index is 0.0310. The molecule has 6 heteroatoms. The molecule has 1 N–H and O–H groups in total. The molecular weight excluding hydrogens is 312 g/mol. The fourth-order valence-electron chi connectivity index (χ4n) is 3.46. The molecule has 23 heavy (non-hydrogen) atoms. The molecule has 0 bridgehead atoms. The highest BCUT2D eigenvalue weighted by Gasteiger charge is 2.39. The Morgan fingerprint density at radius 3 is 2.96 bits per heavy atom. The van der Waals surface area contributed by atoms with Gasteiger partial charge in [-0.2, -0.15) is 0 Å². The van der Waals surface area contributed by atoms with Crippen molar-refractivity contribution in [3.8, 4) is 0 Å². The quantitative estimate of drug-likeness (QED) is 0.899. The molecule has 0 unspecified atom stereocenters. The van der Waals surface area contributed by atoms with Gasteiger partial charge in [0.25, 0.3) is 5.91 Å². The van der Waals surface area contributed by atoms with Gasteiger partial charge in [0.2, 0.25) is 5.91 Å². The highest BCUT2D eigenvalue weighted by atomic mass is 32.1. The maximum atomic E-state index is 12.3. The largest absolute Gasteiger partial charge is 0.373 e. The summed E-state index contributed by atoms with van der Waals surface area (Å²) in [5, 5.41) is 3.00. The van der Waals surface area contributed by atoms with Crippen LogP contribution >= 0.6 is 11.3 Å². The van der Waals surface area contributed by atoms with Gasteiger partial charge in [-0.05, 0) is 37.8 Å². The van der Waals surface area contributed by atoms with Crippen molar-refractivity contribution in [2.75, 3.05) is 19.7 Å². The van der Waals surface area contributed by atoms with Gasteiger partial charge >= 0.3 is 0 Å². The Morgan fingerprint density at radius 1 is 1.35 bits per heavy atom. The Morgan fingerprint density at radius 2 is 2.22 bits per heavy atom. The molecule has 1 aromatic rings. The lowest BCUT2D eigenvalue weighted by molar-refractivity contribution is -0.128. The zero-order valence-corrected chi connectivity index (χ0v) is 13.9. The molecule has 1 aromatic heterocycles. The van der Waals surface area contributed by atoms with Crippen LogP contribution in [0.3, 0.4) is 0 Å². The Kier molecular flexibility index (Phi) is 4.11. The topological polar surface area (TPSA) is 58.6 Å². The van der Waals surface area contributed by atoms with Gasteiger partial charge in [0.15, 0.2) is 0 Å². The van der Waals surface area contributed by atoms with E-state index in [-0.39, 0.29) is 23.8 Å². The number of ether oxygens (including phenoxy) is 1. The molecule has 3 aliphatic rings. The summed E-state index contributed by atoms with van der Waals surface area (Å²) < 4.78 is 5.66. The van der Waals surface area contributed by atoms with Crippen molar-refractivity contribution < 1.29 is 14.3 Å². The lowest BCUT2D eigenvalue weighted by Gasteiger charge is -2.15. The van der Waals surface area contributed by atoms with Crippen LogP contribution in [-0.2, 0) is 9.53 Å². The average molecular weight is 334 g/mol. The molecule has 2 aliphatic heterocycles.